The van der Waals surface area contributed by atoms with Crippen molar-refractivity contribution in [3.63, 3.8) is 0 Å². The second-order valence-corrected chi connectivity index (χ2v) is 9.01. The fraction of sp³-hybridized carbons (Fsp3) is 0.333. The number of amides is 2. The van der Waals surface area contributed by atoms with Crippen LogP contribution in [0.1, 0.15) is 25.3 Å². The number of hydrogen-bond acceptors (Lipinski definition) is 5. The van der Waals surface area contributed by atoms with Crippen molar-refractivity contribution in [1.82, 2.24) is 4.31 Å². The Hall–Kier alpha value is -2.91. The van der Waals surface area contributed by atoms with Crippen LogP contribution in [-0.2, 0) is 19.6 Å². The molecule has 3 rings (SSSR count). The third kappa shape index (κ3) is 4.63. The number of methoxy groups -OCH3 is 1. The predicted octanol–water partition coefficient (Wildman–Crippen LogP) is 2.75. The number of rotatable bonds is 6. The normalized spacial score (nSPS) is 16.8. The first-order chi connectivity index (χ1) is 14.2. The van der Waals surface area contributed by atoms with Gasteiger partial charge in [0, 0.05) is 30.9 Å². The zero-order valence-corrected chi connectivity index (χ0v) is 18.0. The monoisotopic (exact) mass is 431 g/mol. The molecule has 1 aliphatic rings. The molecule has 30 heavy (non-hydrogen) atoms. The fourth-order valence-electron chi connectivity index (χ4n) is 3.47. The van der Waals surface area contributed by atoms with E-state index >= 15 is 0 Å². The van der Waals surface area contributed by atoms with Gasteiger partial charge in [0.15, 0.2) is 0 Å². The van der Waals surface area contributed by atoms with Gasteiger partial charge in [0.05, 0.1) is 12.0 Å². The first kappa shape index (κ1) is 21.8. The van der Waals surface area contributed by atoms with Gasteiger partial charge in [-0.2, -0.15) is 4.31 Å². The van der Waals surface area contributed by atoms with E-state index in [2.05, 4.69) is 10.6 Å². The molecule has 2 amide bonds. The van der Waals surface area contributed by atoms with Gasteiger partial charge in [-0.15, -0.1) is 0 Å². The lowest BCUT2D eigenvalue weighted by Crippen LogP contribution is -2.43. The van der Waals surface area contributed by atoms with Crippen LogP contribution in [0.2, 0.25) is 0 Å². The summed E-state index contributed by atoms with van der Waals surface area (Å²) < 4.78 is 33.0. The number of benzene rings is 2. The molecule has 2 aromatic carbocycles. The molecule has 0 radical (unpaired) electrons. The lowest BCUT2D eigenvalue weighted by atomic mass is 10.2. The van der Waals surface area contributed by atoms with Crippen molar-refractivity contribution >= 4 is 33.2 Å². The van der Waals surface area contributed by atoms with Crippen LogP contribution in [0, 0.1) is 6.92 Å². The van der Waals surface area contributed by atoms with E-state index in [0.717, 1.165) is 0 Å². The molecule has 9 heteroatoms. The smallest absolute Gasteiger partial charge is 0.244 e. The Morgan fingerprint density at radius 1 is 1.07 bits per heavy atom. The average molecular weight is 432 g/mol. The van der Waals surface area contributed by atoms with Gasteiger partial charge >= 0.3 is 0 Å². The summed E-state index contributed by atoms with van der Waals surface area (Å²) in [6.07, 6.45) is 1.04. The maximum absolute atomic E-state index is 13.3. The van der Waals surface area contributed by atoms with Crippen molar-refractivity contribution in [3.8, 4) is 5.75 Å². The minimum atomic E-state index is -3.86. The highest BCUT2D eigenvalue weighted by Crippen LogP contribution is 2.30. The van der Waals surface area contributed by atoms with E-state index in [1.165, 1.54) is 24.4 Å². The van der Waals surface area contributed by atoms with Crippen LogP contribution in [0.3, 0.4) is 0 Å². The molecule has 1 saturated heterocycles. The number of sulfonamides is 1. The van der Waals surface area contributed by atoms with Crippen molar-refractivity contribution in [2.45, 2.75) is 37.6 Å². The van der Waals surface area contributed by atoms with Gasteiger partial charge in [-0.05, 0) is 55.7 Å². The van der Waals surface area contributed by atoms with Gasteiger partial charge in [-0.3, -0.25) is 9.59 Å². The molecule has 0 saturated carbocycles. The molecule has 2 N–H and O–H groups in total. The van der Waals surface area contributed by atoms with Crippen molar-refractivity contribution in [2.24, 2.45) is 0 Å². The molecule has 1 aliphatic heterocycles. The predicted molar refractivity (Wildman–Crippen MR) is 114 cm³/mol. The highest BCUT2D eigenvalue weighted by Gasteiger charge is 2.40. The van der Waals surface area contributed by atoms with Gasteiger partial charge < -0.3 is 15.4 Å². The Balaban J connectivity index is 1.79. The molecule has 1 atom stereocenters. The summed E-state index contributed by atoms with van der Waals surface area (Å²) in [5.41, 5.74) is 1.73. The minimum absolute atomic E-state index is 0.140. The summed E-state index contributed by atoms with van der Waals surface area (Å²) >= 11 is 0. The molecule has 1 heterocycles. The summed E-state index contributed by atoms with van der Waals surface area (Å²) in [6, 6.07) is 10.7. The molecular weight excluding hydrogens is 406 g/mol. The molecular formula is C21H25N3O5S. The number of nitrogens with zero attached hydrogens (tertiary/aromatic N) is 1. The fourth-order valence-corrected chi connectivity index (χ4v) is 5.37. The van der Waals surface area contributed by atoms with E-state index < -0.39 is 16.1 Å². The molecule has 0 aliphatic carbocycles. The van der Waals surface area contributed by atoms with E-state index in [9.17, 15) is 18.0 Å². The molecule has 0 aromatic heterocycles. The molecule has 2 aromatic rings. The zero-order valence-electron chi connectivity index (χ0n) is 17.1. The van der Waals surface area contributed by atoms with Crippen molar-refractivity contribution in [2.75, 3.05) is 24.3 Å². The molecule has 0 bridgehead atoms. The number of carbonyl (C=O) groups excluding carboxylic acids is 2. The Labute approximate surface area is 176 Å². The number of anilines is 2. The minimum Gasteiger partial charge on any atom is -0.497 e. The first-order valence-electron chi connectivity index (χ1n) is 9.57. The zero-order chi connectivity index (χ0) is 21.9. The van der Waals surface area contributed by atoms with E-state index in [1.54, 1.807) is 43.3 Å². The Morgan fingerprint density at radius 2 is 1.70 bits per heavy atom. The van der Waals surface area contributed by atoms with Crippen molar-refractivity contribution in [1.29, 1.82) is 0 Å². The van der Waals surface area contributed by atoms with Crippen LogP contribution in [0.5, 0.6) is 5.75 Å². The Bertz CT molecular complexity index is 1050. The van der Waals surface area contributed by atoms with Crippen LogP contribution < -0.4 is 15.4 Å². The highest BCUT2D eigenvalue weighted by atomic mass is 32.2. The van der Waals surface area contributed by atoms with Crippen molar-refractivity contribution < 1.29 is 22.7 Å². The maximum atomic E-state index is 13.3. The van der Waals surface area contributed by atoms with E-state index in [4.69, 9.17) is 4.74 Å². The Morgan fingerprint density at radius 3 is 2.30 bits per heavy atom. The number of aryl methyl sites for hydroxylation is 1. The van der Waals surface area contributed by atoms with Gasteiger partial charge in [0.1, 0.15) is 11.8 Å². The first-order valence-corrected chi connectivity index (χ1v) is 11.0. The summed E-state index contributed by atoms with van der Waals surface area (Å²) in [4.78, 5) is 24.1. The SMILES string of the molecule is COc1ccc(C)c(S(=O)(=O)N2CCC[C@H]2C(=O)Nc2ccc(NC(C)=O)cc2)c1. The van der Waals surface area contributed by atoms with Gasteiger partial charge in [0.25, 0.3) is 0 Å². The maximum Gasteiger partial charge on any atom is 0.244 e. The molecule has 1 fully saturated rings. The standard InChI is InChI=1S/C21H25N3O5S/c1-14-6-11-18(29-3)13-20(14)30(27,28)24-12-4-5-19(24)21(26)23-17-9-7-16(8-10-17)22-15(2)25/h6-11,13,19H,4-5,12H2,1-3H3,(H,22,25)(H,23,26)/t19-/m0/s1. The van der Waals surface area contributed by atoms with E-state index in [-0.39, 0.29) is 23.3 Å². The number of ether oxygens (including phenoxy) is 1. The topological polar surface area (TPSA) is 105 Å². The van der Waals surface area contributed by atoms with E-state index in [0.29, 0.717) is 35.5 Å². The van der Waals surface area contributed by atoms with Crippen LogP contribution in [0.25, 0.3) is 0 Å². The lowest BCUT2D eigenvalue weighted by Gasteiger charge is -2.24. The largest absolute Gasteiger partial charge is 0.497 e. The van der Waals surface area contributed by atoms with Gasteiger partial charge in [-0.1, -0.05) is 6.07 Å². The summed E-state index contributed by atoms with van der Waals surface area (Å²) in [5, 5.41) is 5.42. The highest BCUT2D eigenvalue weighted by molar-refractivity contribution is 7.89. The van der Waals surface area contributed by atoms with Crippen LogP contribution in [0.4, 0.5) is 11.4 Å². The van der Waals surface area contributed by atoms with Crippen LogP contribution in [-0.4, -0.2) is 44.2 Å². The quantitative estimate of drug-likeness (QED) is 0.732. The molecule has 0 unspecified atom stereocenters. The molecule has 8 nitrogen and oxygen atoms in total. The summed E-state index contributed by atoms with van der Waals surface area (Å²) in [5.74, 6) is -0.131. The molecule has 0 spiro atoms. The van der Waals surface area contributed by atoms with Gasteiger partial charge in [-0.25, -0.2) is 8.42 Å². The van der Waals surface area contributed by atoms with Crippen LogP contribution >= 0.6 is 0 Å². The third-order valence-electron chi connectivity index (χ3n) is 4.96. The summed E-state index contributed by atoms with van der Waals surface area (Å²) in [7, 11) is -2.39. The second-order valence-electron chi connectivity index (χ2n) is 7.15. The average Bonchev–Trinajstić information content (AvgIpc) is 3.20. The number of nitrogens with one attached hydrogen (secondary N) is 2. The molecule has 160 valence electrons. The van der Waals surface area contributed by atoms with Crippen molar-refractivity contribution in [3.05, 3.63) is 48.0 Å². The second kappa shape index (κ2) is 8.85. The lowest BCUT2D eigenvalue weighted by molar-refractivity contribution is -0.119. The van der Waals surface area contributed by atoms with E-state index in [1.807, 2.05) is 0 Å². The van der Waals surface area contributed by atoms with Gasteiger partial charge in [0.2, 0.25) is 21.8 Å². The third-order valence-corrected chi connectivity index (χ3v) is 7.01. The Kier molecular flexibility index (Phi) is 6.42. The summed E-state index contributed by atoms with van der Waals surface area (Å²) in [6.45, 7) is 3.40. The number of hydrogen-bond donors (Lipinski definition) is 2. The number of carbonyl (C=O) groups is 2. The van der Waals surface area contributed by atoms with Crippen LogP contribution in [0.15, 0.2) is 47.4 Å².